The Morgan fingerprint density at radius 3 is 2.35 bits per heavy atom. The van der Waals surface area contributed by atoms with Crippen molar-refractivity contribution in [1.29, 1.82) is 0 Å². The van der Waals surface area contributed by atoms with Gasteiger partial charge in [-0.05, 0) is 37.6 Å². The SMILES string of the molecule is CCOP(=O)(OCC)N(Cc1ccccc1)C1=CCOc2ccccc21. The highest BCUT2D eigenvalue weighted by atomic mass is 31.2. The molecule has 1 aliphatic rings. The third kappa shape index (κ3) is 4.01. The van der Waals surface area contributed by atoms with E-state index in [2.05, 4.69) is 0 Å². The Labute approximate surface area is 154 Å². The molecule has 0 N–H and O–H groups in total. The highest BCUT2D eigenvalue weighted by molar-refractivity contribution is 7.51. The zero-order chi connectivity index (χ0) is 18.4. The van der Waals surface area contributed by atoms with Crippen molar-refractivity contribution in [2.24, 2.45) is 0 Å². The van der Waals surface area contributed by atoms with E-state index in [0.717, 1.165) is 22.6 Å². The number of hydrogen-bond donors (Lipinski definition) is 0. The van der Waals surface area contributed by atoms with E-state index >= 15 is 0 Å². The molecule has 0 spiro atoms. The molecule has 1 aliphatic heterocycles. The van der Waals surface area contributed by atoms with Crippen LogP contribution in [0.25, 0.3) is 5.70 Å². The van der Waals surface area contributed by atoms with Crippen molar-refractivity contribution in [3.05, 3.63) is 71.8 Å². The van der Waals surface area contributed by atoms with Gasteiger partial charge in [-0.15, -0.1) is 0 Å². The smallest absolute Gasteiger partial charge is 0.435 e. The largest absolute Gasteiger partial charge is 0.489 e. The number of ether oxygens (including phenoxy) is 1. The quantitative estimate of drug-likeness (QED) is 0.602. The van der Waals surface area contributed by atoms with Crippen LogP contribution in [0.4, 0.5) is 0 Å². The standard InChI is InChI=1S/C20H24NO4P/c1-3-24-26(22,25-4-2)21(16-17-10-6-5-7-11-17)19-14-15-23-20-13-9-8-12-18(19)20/h5-14H,3-4,15-16H2,1-2H3. The van der Waals surface area contributed by atoms with Crippen LogP contribution in [0, 0.1) is 0 Å². The van der Waals surface area contributed by atoms with Crippen molar-refractivity contribution in [1.82, 2.24) is 4.67 Å². The summed E-state index contributed by atoms with van der Waals surface area (Å²) >= 11 is 0. The number of hydrogen-bond acceptors (Lipinski definition) is 4. The van der Waals surface area contributed by atoms with Crippen LogP contribution in [0.15, 0.2) is 60.7 Å². The molecule has 0 radical (unpaired) electrons. The van der Waals surface area contributed by atoms with Crippen molar-refractivity contribution in [2.45, 2.75) is 20.4 Å². The van der Waals surface area contributed by atoms with Crippen molar-refractivity contribution in [3.63, 3.8) is 0 Å². The van der Waals surface area contributed by atoms with Crippen LogP contribution in [0.3, 0.4) is 0 Å². The molecule has 0 amide bonds. The Balaban J connectivity index is 2.05. The van der Waals surface area contributed by atoms with Crippen LogP contribution in [-0.4, -0.2) is 24.5 Å². The molecule has 0 saturated carbocycles. The Kier molecular flexibility index (Phi) is 6.15. The fraction of sp³-hybridized carbons (Fsp3) is 0.300. The second kappa shape index (κ2) is 8.54. The second-order valence-corrected chi connectivity index (χ2v) is 7.68. The first-order chi connectivity index (χ1) is 12.7. The van der Waals surface area contributed by atoms with Gasteiger partial charge >= 0.3 is 7.75 Å². The predicted octanol–water partition coefficient (Wildman–Crippen LogP) is 5.10. The summed E-state index contributed by atoms with van der Waals surface area (Å²) in [5.74, 6) is 0.766. The van der Waals surface area contributed by atoms with Gasteiger partial charge in [0.15, 0.2) is 0 Å². The van der Waals surface area contributed by atoms with Crippen molar-refractivity contribution >= 4 is 13.4 Å². The zero-order valence-corrected chi connectivity index (χ0v) is 16.0. The Morgan fingerprint density at radius 1 is 1.00 bits per heavy atom. The molecule has 0 aromatic heterocycles. The predicted molar refractivity (Wildman–Crippen MR) is 103 cm³/mol. The molecule has 0 unspecified atom stereocenters. The van der Waals surface area contributed by atoms with Gasteiger partial charge in [-0.2, -0.15) is 0 Å². The molecule has 0 atom stereocenters. The number of para-hydroxylation sites is 1. The first-order valence-electron chi connectivity index (χ1n) is 8.81. The Hall–Kier alpha value is -2.07. The van der Waals surface area contributed by atoms with Gasteiger partial charge < -0.3 is 4.74 Å². The van der Waals surface area contributed by atoms with Crippen LogP contribution >= 0.6 is 7.75 Å². The molecule has 3 rings (SSSR count). The van der Waals surface area contributed by atoms with E-state index in [1.807, 2.05) is 74.5 Å². The van der Waals surface area contributed by atoms with E-state index in [1.165, 1.54) is 0 Å². The molecule has 6 heteroatoms. The molecule has 0 fully saturated rings. The average molecular weight is 373 g/mol. The molecule has 0 aliphatic carbocycles. The maximum atomic E-state index is 13.6. The van der Waals surface area contributed by atoms with Gasteiger partial charge in [-0.1, -0.05) is 42.5 Å². The lowest BCUT2D eigenvalue weighted by atomic mass is 10.1. The molecule has 0 bridgehead atoms. The third-order valence-electron chi connectivity index (χ3n) is 4.01. The number of rotatable bonds is 8. The highest BCUT2D eigenvalue weighted by Gasteiger charge is 2.36. The Bertz CT molecular complexity index is 796. The van der Waals surface area contributed by atoms with E-state index in [-0.39, 0.29) is 0 Å². The first kappa shape index (κ1) is 18.7. The summed E-state index contributed by atoms with van der Waals surface area (Å²) in [6.45, 7) is 5.06. The maximum Gasteiger partial charge on any atom is 0.435 e. The van der Waals surface area contributed by atoms with Crippen LogP contribution in [-0.2, 0) is 20.2 Å². The van der Waals surface area contributed by atoms with Gasteiger partial charge in [0.2, 0.25) is 0 Å². The van der Waals surface area contributed by atoms with Gasteiger partial charge in [0.1, 0.15) is 12.4 Å². The minimum absolute atomic E-state index is 0.300. The van der Waals surface area contributed by atoms with Gasteiger partial charge in [-0.25, -0.2) is 4.57 Å². The van der Waals surface area contributed by atoms with E-state index in [9.17, 15) is 4.57 Å². The van der Waals surface area contributed by atoms with Crippen molar-refractivity contribution in [3.8, 4) is 5.75 Å². The van der Waals surface area contributed by atoms with Crippen molar-refractivity contribution in [2.75, 3.05) is 19.8 Å². The van der Waals surface area contributed by atoms with Crippen LogP contribution in [0.5, 0.6) is 5.75 Å². The fourth-order valence-corrected chi connectivity index (χ4v) is 4.73. The molecular formula is C20H24NO4P. The van der Waals surface area contributed by atoms with Gasteiger partial charge in [0.25, 0.3) is 0 Å². The van der Waals surface area contributed by atoms with Gasteiger partial charge in [-0.3, -0.25) is 13.7 Å². The van der Waals surface area contributed by atoms with Gasteiger partial charge in [0, 0.05) is 5.56 Å². The minimum atomic E-state index is -3.51. The van der Waals surface area contributed by atoms with Crippen LogP contribution in [0.2, 0.25) is 0 Å². The average Bonchev–Trinajstić information content (AvgIpc) is 2.67. The lowest BCUT2D eigenvalue weighted by molar-refractivity contribution is 0.183. The minimum Gasteiger partial charge on any atom is -0.489 e. The van der Waals surface area contributed by atoms with Crippen LogP contribution < -0.4 is 4.74 Å². The zero-order valence-electron chi connectivity index (χ0n) is 15.1. The summed E-state index contributed by atoms with van der Waals surface area (Å²) < 4.78 is 32.4. The monoisotopic (exact) mass is 373 g/mol. The van der Waals surface area contributed by atoms with Gasteiger partial charge in [0.05, 0.1) is 25.5 Å². The molecule has 0 saturated heterocycles. The summed E-state index contributed by atoms with van der Waals surface area (Å²) in [7, 11) is -3.51. The summed E-state index contributed by atoms with van der Waals surface area (Å²) in [5, 5.41) is 0. The Morgan fingerprint density at radius 2 is 1.65 bits per heavy atom. The van der Waals surface area contributed by atoms with E-state index in [1.54, 1.807) is 4.67 Å². The molecule has 5 nitrogen and oxygen atoms in total. The normalized spacial score (nSPS) is 13.5. The lowest BCUT2D eigenvalue weighted by Gasteiger charge is -2.35. The molecule has 138 valence electrons. The fourth-order valence-electron chi connectivity index (χ4n) is 2.93. The number of benzene rings is 2. The first-order valence-corrected chi connectivity index (χ1v) is 10.3. The summed E-state index contributed by atoms with van der Waals surface area (Å²) in [4.78, 5) is 0. The second-order valence-electron chi connectivity index (χ2n) is 5.74. The molecule has 26 heavy (non-hydrogen) atoms. The third-order valence-corrected chi connectivity index (χ3v) is 6.13. The highest BCUT2D eigenvalue weighted by Crippen LogP contribution is 2.57. The number of nitrogens with zero attached hydrogens (tertiary/aromatic N) is 1. The number of fused-ring (bicyclic) bond motifs is 1. The van der Waals surface area contributed by atoms with Crippen LogP contribution in [0.1, 0.15) is 25.0 Å². The molecule has 2 aromatic carbocycles. The lowest BCUT2D eigenvalue weighted by Crippen LogP contribution is -2.24. The molecule has 2 aromatic rings. The van der Waals surface area contributed by atoms with E-state index in [0.29, 0.717) is 26.4 Å². The summed E-state index contributed by atoms with van der Waals surface area (Å²) in [6.07, 6.45) is 1.93. The maximum absolute atomic E-state index is 13.6. The van der Waals surface area contributed by atoms with Crippen molar-refractivity contribution < 1.29 is 18.3 Å². The summed E-state index contributed by atoms with van der Waals surface area (Å²) in [6, 6.07) is 17.6. The molecule has 1 heterocycles. The van der Waals surface area contributed by atoms with E-state index in [4.69, 9.17) is 13.8 Å². The van der Waals surface area contributed by atoms with E-state index < -0.39 is 7.75 Å². The summed E-state index contributed by atoms with van der Waals surface area (Å²) in [5.41, 5.74) is 2.72. The molecular weight excluding hydrogens is 349 g/mol. The topological polar surface area (TPSA) is 48.0 Å².